The summed E-state index contributed by atoms with van der Waals surface area (Å²) in [6, 6.07) is 4.65. The highest BCUT2D eigenvalue weighted by Gasteiger charge is 2.17. The number of benzene rings is 1. The van der Waals surface area contributed by atoms with Gasteiger partial charge in [-0.15, -0.1) is 0 Å². The van der Waals surface area contributed by atoms with Crippen molar-refractivity contribution in [1.82, 2.24) is 0 Å². The number of carbonyl (C=O) groups excluding carboxylic acids is 1. The van der Waals surface area contributed by atoms with Crippen LogP contribution in [0.25, 0.3) is 0 Å². The monoisotopic (exact) mass is 266 g/mol. The van der Waals surface area contributed by atoms with Crippen LogP contribution in [0, 0.1) is 5.82 Å². The number of hydrogen-bond donors (Lipinski definition) is 0. The quantitative estimate of drug-likeness (QED) is 0.794. The molecule has 0 saturated carbocycles. The van der Waals surface area contributed by atoms with E-state index < -0.39 is 5.82 Å². The summed E-state index contributed by atoms with van der Waals surface area (Å²) in [7, 11) is 1.42. The molecule has 19 heavy (non-hydrogen) atoms. The summed E-state index contributed by atoms with van der Waals surface area (Å²) in [5.41, 5.74) is 0.690. The fourth-order valence-electron chi connectivity index (χ4n) is 2.33. The lowest BCUT2D eigenvalue weighted by Crippen LogP contribution is -2.10. The highest BCUT2D eigenvalue weighted by Crippen LogP contribution is 2.20. The molecule has 4 heteroatoms. The molecule has 2 rings (SSSR count). The zero-order chi connectivity index (χ0) is 13.7. The van der Waals surface area contributed by atoms with Gasteiger partial charge in [0.25, 0.3) is 0 Å². The summed E-state index contributed by atoms with van der Waals surface area (Å²) >= 11 is 0. The lowest BCUT2D eigenvalue weighted by Gasteiger charge is -2.08. The number of methoxy groups -OCH3 is 1. The molecular formula is C15H19FO3. The smallest absolute Gasteiger partial charge is 0.165 e. The van der Waals surface area contributed by atoms with E-state index in [1.54, 1.807) is 12.1 Å². The Kier molecular flexibility index (Phi) is 4.91. The SMILES string of the molecule is COc1ccc(CC(=O)CCC2CCCO2)cc1F. The van der Waals surface area contributed by atoms with Crippen LogP contribution < -0.4 is 4.74 Å². The Morgan fingerprint density at radius 2 is 2.37 bits per heavy atom. The largest absolute Gasteiger partial charge is 0.494 e. The molecule has 1 heterocycles. The number of halogens is 1. The van der Waals surface area contributed by atoms with Gasteiger partial charge in [-0.3, -0.25) is 4.79 Å². The Balaban J connectivity index is 1.82. The van der Waals surface area contributed by atoms with E-state index in [0.29, 0.717) is 12.0 Å². The first-order valence-corrected chi connectivity index (χ1v) is 6.65. The average Bonchev–Trinajstić information content (AvgIpc) is 2.90. The van der Waals surface area contributed by atoms with E-state index in [4.69, 9.17) is 9.47 Å². The highest BCUT2D eigenvalue weighted by molar-refractivity contribution is 5.80. The molecule has 1 aliphatic heterocycles. The van der Waals surface area contributed by atoms with Gasteiger partial charge in [0, 0.05) is 19.4 Å². The second-order valence-electron chi connectivity index (χ2n) is 4.86. The predicted molar refractivity (Wildman–Crippen MR) is 69.9 cm³/mol. The van der Waals surface area contributed by atoms with Crippen molar-refractivity contribution >= 4 is 5.78 Å². The third-order valence-electron chi connectivity index (χ3n) is 3.39. The molecule has 0 aliphatic carbocycles. The van der Waals surface area contributed by atoms with Crippen molar-refractivity contribution in [1.29, 1.82) is 0 Å². The topological polar surface area (TPSA) is 35.5 Å². The minimum absolute atomic E-state index is 0.125. The van der Waals surface area contributed by atoms with Crippen molar-refractivity contribution in [2.45, 2.75) is 38.2 Å². The van der Waals surface area contributed by atoms with Crippen LogP contribution in [0.3, 0.4) is 0 Å². The summed E-state index contributed by atoms with van der Waals surface area (Å²) in [5, 5.41) is 0. The molecule has 104 valence electrons. The number of ketones is 1. The molecule has 1 fully saturated rings. The molecule has 0 bridgehead atoms. The zero-order valence-corrected chi connectivity index (χ0v) is 11.2. The standard InChI is InChI=1S/C15H19FO3/c1-18-15-7-4-11(10-14(15)16)9-12(17)5-6-13-3-2-8-19-13/h4,7,10,13H,2-3,5-6,8-9H2,1H3. The second-order valence-corrected chi connectivity index (χ2v) is 4.86. The highest BCUT2D eigenvalue weighted by atomic mass is 19.1. The van der Waals surface area contributed by atoms with Crippen molar-refractivity contribution in [2.24, 2.45) is 0 Å². The van der Waals surface area contributed by atoms with E-state index in [2.05, 4.69) is 0 Å². The van der Waals surface area contributed by atoms with Crippen LogP contribution in [-0.2, 0) is 16.0 Å². The summed E-state index contributed by atoms with van der Waals surface area (Å²) in [5.74, 6) is -0.0949. The van der Waals surface area contributed by atoms with Gasteiger partial charge in [-0.1, -0.05) is 6.07 Å². The van der Waals surface area contributed by atoms with E-state index >= 15 is 0 Å². The van der Waals surface area contributed by atoms with E-state index in [0.717, 1.165) is 25.9 Å². The first kappa shape index (κ1) is 14.0. The van der Waals surface area contributed by atoms with Crippen LogP contribution in [0.2, 0.25) is 0 Å². The van der Waals surface area contributed by atoms with E-state index in [1.807, 2.05) is 0 Å². The number of ether oxygens (including phenoxy) is 2. The maximum atomic E-state index is 13.5. The van der Waals surface area contributed by atoms with Gasteiger partial charge in [-0.05, 0) is 37.0 Å². The van der Waals surface area contributed by atoms with Gasteiger partial charge in [-0.2, -0.15) is 0 Å². The van der Waals surface area contributed by atoms with Crippen molar-refractivity contribution in [3.63, 3.8) is 0 Å². The van der Waals surface area contributed by atoms with Crippen LogP contribution in [0.1, 0.15) is 31.2 Å². The number of Topliss-reactive ketones (excluding diaryl/α,β-unsaturated/α-hetero) is 1. The van der Waals surface area contributed by atoms with Crippen molar-refractivity contribution in [2.75, 3.05) is 13.7 Å². The molecule has 1 saturated heterocycles. The molecule has 1 atom stereocenters. The summed E-state index contributed by atoms with van der Waals surface area (Å²) < 4.78 is 23.8. The van der Waals surface area contributed by atoms with Crippen LogP contribution in [-0.4, -0.2) is 25.6 Å². The molecule has 0 N–H and O–H groups in total. The molecule has 1 unspecified atom stereocenters. The molecule has 0 radical (unpaired) electrons. The van der Waals surface area contributed by atoms with Crippen LogP contribution in [0.5, 0.6) is 5.75 Å². The molecule has 1 aromatic rings. The van der Waals surface area contributed by atoms with Gasteiger partial charge >= 0.3 is 0 Å². The van der Waals surface area contributed by atoms with Crippen LogP contribution in [0.15, 0.2) is 18.2 Å². The van der Waals surface area contributed by atoms with Crippen molar-refractivity contribution in [3.05, 3.63) is 29.6 Å². The molecule has 0 aromatic heterocycles. The predicted octanol–water partition coefficient (Wildman–Crippen LogP) is 2.91. The van der Waals surface area contributed by atoms with Gasteiger partial charge in [0.15, 0.2) is 11.6 Å². The van der Waals surface area contributed by atoms with E-state index in [9.17, 15) is 9.18 Å². The molecule has 0 amide bonds. The van der Waals surface area contributed by atoms with Gasteiger partial charge in [0.1, 0.15) is 5.78 Å². The minimum atomic E-state index is -0.424. The third kappa shape index (κ3) is 4.03. The Bertz CT molecular complexity index is 439. The first-order valence-electron chi connectivity index (χ1n) is 6.65. The average molecular weight is 266 g/mol. The molecule has 3 nitrogen and oxygen atoms in total. The molecule has 1 aromatic carbocycles. The van der Waals surface area contributed by atoms with Crippen molar-refractivity contribution in [3.8, 4) is 5.75 Å². The Morgan fingerprint density at radius 1 is 1.53 bits per heavy atom. The third-order valence-corrected chi connectivity index (χ3v) is 3.39. The lowest BCUT2D eigenvalue weighted by atomic mass is 10.0. The molecule has 0 spiro atoms. The summed E-state index contributed by atoms with van der Waals surface area (Å²) in [6.07, 6.45) is 3.91. The maximum absolute atomic E-state index is 13.5. The van der Waals surface area contributed by atoms with E-state index in [1.165, 1.54) is 13.2 Å². The maximum Gasteiger partial charge on any atom is 0.165 e. The lowest BCUT2D eigenvalue weighted by molar-refractivity contribution is -0.119. The fraction of sp³-hybridized carbons (Fsp3) is 0.533. The molecule has 1 aliphatic rings. The number of hydrogen-bond acceptors (Lipinski definition) is 3. The fourth-order valence-corrected chi connectivity index (χ4v) is 2.33. The van der Waals surface area contributed by atoms with Crippen molar-refractivity contribution < 1.29 is 18.7 Å². The number of rotatable bonds is 6. The first-order chi connectivity index (χ1) is 9.19. The van der Waals surface area contributed by atoms with Crippen LogP contribution >= 0.6 is 0 Å². The normalized spacial score (nSPS) is 18.5. The Morgan fingerprint density at radius 3 is 3.00 bits per heavy atom. The Hall–Kier alpha value is -1.42. The second kappa shape index (κ2) is 6.66. The summed E-state index contributed by atoms with van der Waals surface area (Å²) in [4.78, 5) is 11.8. The van der Waals surface area contributed by atoms with E-state index in [-0.39, 0.29) is 24.1 Å². The zero-order valence-electron chi connectivity index (χ0n) is 11.2. The summed E-state index contributed by atoms with van der Waals surface area (Å²) in [6.45, 7) is 0.808. The van der Waals surface area contributed by atoms with Gasteiger partial charge in [0.2, 0.25) is 0 Å². The van der Waals surface area contributed by atoms with Crippen LogP contribution in [0.4, 0.5) is 4.39 Å². The minimum Gasteiger partial charge on any atom is -0.494 e. The number of carbonyl (C=O) groups is 1. The van der Waals surface area contributed by atoms with Gasteiger partial charge in [0.05, 0.1) is 13.2 Å². The van der Waals surface area contributed by atoms with Gasteiger partial charge < -0.3 is 9.47 Å². The molecular weight excluding hydrogens is 247 g/mol. The van der Waals surface area contributed by atoms with Gasteiger partial charge in [-0.25, -0.2) is 4.39 Å². The Labute approximate surface area is 112 Å².